The summed E-state index contributed by atoms with van der Waals surface area (Å²) in [4.78, 5) is 18.0. The molecule has 0 spiro atoms. The van der Waals surface area contributed by atoms with Gasteiger partial charge in [-0.1, -0.05) is 12.1 Å². The van der Waals surface area contributed by atoms with Crippen LogP contribution in [0.25, 0.3) is 0 Å². The molecule has 0 bridgehead atoms. The van der Waals surface area contributed by atoms with Crippen molar-refractivity contribution < 1.29 is 9.90 Å². The number of urea groups is 1. The third-order valence-corrected chi connectivity index (χ3v) is 4.02. The number of anilines is 1. The highest BCUT2D eigenvalue weighted by Gasteiger charge is 2.05. The van der Waals surface area contributed by atoms with E-state index < -0.39 is 0 Å². The van der Waals surface area contributed by atoms with Crippen molar-refractivity contribution in [3.63, 3.8) is 0 Å². The van der Waals surface area contributed by atoms with E-state index >= 15 is 0 Å². The number of hydrogen-bond acceptors (Lipinski definition) is 5. The van der Waals surface area contributed by atoms with Gasteiger partial charge in [0.25, 0.3) is 0 Å². The van der Waals surface area contributed by atoms with Gasteiger partial charge in [-0.25, -0.2) is 9.78 Å². The standard InChI is InChI=1S/C15H20N4O2S/c1-19(2)15-18-12(10-22-15)9-17-14(21)16-7-6-11-4-3-5-13(20)8-11/h3-5,8,10,20H,6-7,9H2,1-2H3,(H2,16,17,21). The number of aromatic nitrogens is 1. The van der Waals surface area contributed by atoms with Crippen molar-refractivity contribution in [1.82, 2.24) is 15.6 Å². The van der Waals surface area contributed by atoms with Gasteiger partial charge in [-0.3, -0.25) is 0 Å². The Balaban J connectivity index is 1.69. The Bertz CT molecular complexity index is 628. The molecule has 1 heterocycles. The van der Waals surface area contributed by atoms with Gasteiger partial charge in [-0.2, -0.15) is 0 Å². The predicted octanol–water partition coefficient (Wildman–Crippen LogP) is 1.96. The van der Waals surface area contributed by atoms with Gasteiger partial charge in [-0.05, 0) is 24.1 Å². The molecule has 0 atom stereocenters. The normalized spacial score (nSPS) is 10.3. The van der Waals surface area contributed by atoms with Crippen molar-refractivity contribution >= 4 is 22.5 Å². The number of carbonyl (C=O) groups excluding carboxylic acids is 1. The highest BCUT2D eigenvalue weighted by molar-refractivity contribution is 7.13. The first-order valence-electron chi connectivity index (χ1n) is 6.96. The molecule has 118 valence electrons. The van der Waals surface area contributed by atoms with Crippen LogP contribution in [-0.2, 0) is 13.0 Å². The van der Waals surface area contributed by atoms with Crippen LogP contribution in [0.1, 0.15) is 11.3 Å². The van der Waals surface area contributed by atoms with Crippen LogP contribution in [-0.4, -0.2) is 36.8 Å². The quantitative estimate of drug-likeness (QED) is 0.760. The Morgan fingerprint density at radius 2 is 2.18 bits per heavy atom. The molecule has 0 unspecified atom stereocenters. The number of nitrogens with zero attached hydrogens (tertiary/aromatic N) is 2. The molecule has 0 aliphatic heterocycles. The van der Waals surface area contributed by atoms with E-state index in [1.165, 1.54) is 0 Å². The lowest BCUT2D eigenvalue weighted by molar-refractivity contribution is 0.240. The van der Waals surface area contributed by atoms with E-state index in [0.717, 1.165) is 16.4 Å². The summed E-state index contributed by atoms with van der Waals surface area (Å²) >= 11 is 1.55. The topological polar surface area (TPSA) is 77.5 Å². The van der Waals surface area contributed by atoms with Crippen molar-refractivity contribution in [1.29, 1.82) is 0 Å². The van der Waals surface area contributed by atoms with Crippen molar-refractivity contribution in [3.8, 4) is 5.75 Å². The maximum Gasteiger partial charge on any atom is 0.315 e. The maximum absolute atomic E-state index is 11.7. The molecule has 7 heteroatoms. The number of phenolic OH excluding ortho intramolecular Hbond substituents is 1. The summed E-state index contributed by atoms with van der Waals surface area (Å²) in [6.07, 6.45) is 0.670. The van der Waals surface area contributed by atoms with Gasteiger partial charge < -0.3 is 20.6 Å². The van der Waals surface area contributed by atoms with Crippen molar-refractivity contribution in [2.24, 2.45) is 0 Å². The summed E-state index contributed by atoms with van der Waals surface area (Å²) in [6, 6.07) is 6.80. The van der Waals surface area contributed by atoms with Gasteiger partial charge in [0.15, 0.2) is 5.13 Å². The molecule has 2 aromatic rings. The van der Waals surface area contributed by atoms with Gasteiger partial charge in [0, 0.05) is 26.0 Å². The van der Waals surface area contributed by atoms with Crippen LogP contribution in [0.5, 0.6) is 5.75 Å². The molecule has 0 fully saturated rings. The van der Waals surface area contributed by atoms with Gasteiger partial charge in [0.1, 0.15) is 5.75 Å². The van der Waals surface area contributed by atoms with Crippen LogP contribution in [0, 0.1) is 0 Å². The molecule has 1 aromatic carbocycles. The number of aromatic hydroxyl groups is 1. The number of rotatable bonds is 6. The van der Waals surface area contributed by atoms with E-state index in [1.54, 1.807) is 29.5 Å². The predicted molar refractivity (Wildman–Crippen MR) is 88.5 cm³/mol. The lowest BCUT2D eigenvalue weighted by atomic mass is 10.1. The number of carbonyl (C=O) groups is 1. The van der Waals surface area contributed by atoms with Gasteiger partial charge in [-0.15, -0.1) is 11.3 Å². The van der Waals surface area contributed by atoms with Gasteiger partial charge in [0.2, 0.25) is 0 Å². The summed E-state index contributed by atoms with van der Waals surface area (Å²) in [5, 5.41) is 17.8. The van der Waals surface area contributed by atoms with Crippen molar-refractivity contribution in [2.45, 2.75) is 13.0 Å². The molecule has 0 aliphatic rings. The summed E-state index contributed by atoms with van der Waals surface area (Å²) in [6.45, 7) is 0.914. The number of benzene rings is 1. The maximum atomic E-state index is 11.7. The van der Waals surface area contributed by atoms with Crippen LogP contribution in [0.15, 0.2) is 29.6 Å². The molecule has 0 radical (unpaired) electrons. The minimum Gasteiger partial charge on any atom is -0.508 e. The smallest absolute Gasteiger partial charge is 0.315 e. The van der Waals surface area contributed by atoms with E-state index in [9.17, 15) is 9.90 Å². The average molecular weight is 320 g/mol. The molecular formula is C15H20N4O2S. The molecule has 1 aromatic heterocycles. The number of hydrogen-bond donors (Lipinski definition) is 3. The summed E-state index contributed by atoms with van der Waals surface area (Å²) < 4.78 is 0. The zero-order chi connectivity index (χ0) is 15.9. The van der Waals surface area contributed by atoms with E-state index in [-0.39, 0.29) is 11.8 Å². The third kappa shape index (κ3) is 4.92. The Kier molecular flexibility index (Phi) is 5.60. The van der Waals surface area contributed by atoms with E-state index in [1.807, 2.05) is 30.4 Å². The van der Waals surface area contributed by atoms with Crippen LogP contribution >= 0.6 is 11.3 Å². The Labute approximate surface area is 133 Å². The molecule has 0 aliphatic carbocycles. The molecular weight excluding hydrogens is 300 g/mol. The molecule has 0 saturated heterocycles. The number of phenols is 1. The second-order valence-electron chi connectivity index (χ2n) is 5.05. The molecule has 2 rings (SSSR count). The zero-order valence-electron chi connectivity index (χ0n) is 12.7. The van der Waals surface area contributed by atoms with E-state index in [4.69, 9.17) is 0 Å². The van der Waals surface area contributed by atoms with Crippen LogP contribution in [0.2, 0.25) is 0 Å². The second-order valence-corrected chi connectivity index (χ2v) is 5.88. The van der Waals surface area contributed by atoms with Crippen LogP contribution < -0.4 is 15.5 Å². The highest BCUT2D eigenvalue weighted by Crippen LogP contribution is 2.17. The van der Waals surface area contributed by atoms with Gasteiger partial charge >= 0.3 is 6.03 Å². The molecule has 0 saturated carbocycles. The minimum absolute atomic E-state index is 0.223. The lowest BCUT2D eigenvalue weighted by Crippen LogP contribution is -2.36. The first kappa shape index (κ1) is 16.1. The fourth-order valence-corrected chi connectivity index (χ4v) is 2.61. The fraction of sp³-hybridized carbons (Fsp3) is 0.333. The van der Waals surface area contributed by atoms with Gasteiger partial charge in [0.05, 0.1) is 12.2 Å². The zero-order valence-corrected chi connectivity index (χ0v) is 13.5. The van der Waals surface area contributed by atoms with Crippen LogP contribution in [0.3, 0.4) is 0 Å². The number of nitrogens with one attached hydrogen (secondary N) is 2. The fourth-order valence-electron chi connectivity index (χ4n) is 1.85. The van der Waals surface area contributed by atoms with Crippen LogP contribution in [0.4, 0.5) is 9.93 Å². The van der Waals surface area contributed by atoms with Crippen molar-refractivity contribution in [3.05, 3.63) is 40.9 Å². The van der Waals surface area contributed by atoms with E-state index in [0.29, 0.717) is 19.5 Å². The highest BCUT2D eigenvalue weighted by atomic mass is 32.1. The van der Waals surface area contributed by atoms with Crippen molar-refractivity contribution in [2.75, 3.05) is 25.5 Å². The monoisotopic (exact) mass is 320 g/mol. The Hall–Kier alpha value is -2.28. The number of amides is 2. The summed E-state index contributed by atoms with van der Waals surface area (Å²) in [7, 11) is 3.87. The Morgan fingerprint density at radius 3 is 2.86 bits per heavy atom. The SMILES string of the molecule is CN(C)c1nc(CNC(=O)NCCc2cccc(O)c2)cs1. The molecule has 6 nitrogen and oxygen atoms in total. The third-order valence-electron chi connectivity index (χ3n) is 2.96. The Morgan fingerprint density at radius 1 is 1.36 bits per heavy atom. The largest absolute Gasteiger partial charge is 0.508 e. The molecule has 2 amide bonds. The lowest BCUT2D eigenvalue weighted by Gasteiger charge is -2.07. The minimum atomic E-state index is -0.223. The molecule has 22 heavy (non-hydrogen) atoms. The second kappa shape index (κ2) is 7.65. The first-order chi connectivity index (χ1) is 10.5. The summed E-state index contributed by atoms with van der Waals surface area (Å²) in [5.74, 6) is 0.238. The summed E-state index contributed by atoms with van der Waals surface area (Å²) in [5.41, 5.74) is 1.83. The first-order valence-corrected chi connectivity index (χ1v) is 7.84. The molecule has 3 N–H and O–H groups in total. The average Bonchev–Trinajstić information content (AvgIpc) is 2.94. The van der Waals surface area contributed by atoms with E-state index in [2.05, 4.69) is 15.6 Å². The number of thiazole rings is 1.